The molecule has 1 N–H and O–H groups in total. The van der Waals surface area contributed by atoms with E-state index in [1.54, 1.807) is 6.20 Å². The topological polar surface area (TPSA) is 42.0 Å². The summed E-state index contributed by atoms with van der Waals surface area (Å²) >= 11 is 0. The molecule has 1 fully saturated rings. The lowest BCUT2D eigenvalue weighted by Crippen LogP contribution is -2.33. The molecule has 0 radical (unpaired) electrons. The molecule has 120 valence electrons. The first-order valence-electron chi connectivity index (χ1n) is 8.40. The van der Waals surface area contributed by atoms with Crippen molar-refractivity contribution in [3.63, 3.8) is 0 Å². The molecule has 3 heteroatoms. The van der Waals surface area contributed by atoms with Crippen LogP contribution in [0.2, 0.25) is 0 Å². The predicted molar refractivity (Wildman–Crippen MR) is 97.0 cm³/mol. The van der Waals surface area contributed by atoms with Crippen LogP contribution in [0, 0.1) is 12.8 Å². The summed E-state index contributed by atoms with van der Waals surface area (Å²) < 4.78 is 0. The number of anilines is 1. The molecule has 2 aromatic carbocycles. The number of carbonyl (C=O) groups excluding carboxylic acids is 1. The molecule has 0 bridgehead atoms. The van der Waals surface area contributed by atoms with Crippen LogP contribution >= 0.6 is 0 Å². The summed E-state index contributed by atoms with van der Waals surface area (Å²) in [7, 11) is 0. The van der Waals surface area contributed by atoms with Crippen molar-refractivity contribution < 1.29 is 4.79 Å². The lowest BCUT2D eigenvalue weighted by atomic mass is 9.71. The van der Waals surface area contributed by atoms with E-state index in [2.05, 4.69) is 41.5 Å². The van der Waals surface area contributed by atoms with Gasteiger partial charge in [0.1, 0.15) is 0 Å². The fraction of sp³-hybridized carbons (Fsp3) is 0.238. The van der Waals surface area contributed by atoms with Gasteiger partial charge < -0.3 is 5.32 Å². The van der Waals surface area contributed by atoms with E-state index in [9.17, 15) is 4.79 Å². The summed E-state index contributed by atoms with van der Waals surface area (Å²) in [4.78, 5) is 16.6. The second kappa shape index (κ2) is 6.08. The third kappa shape index (κ3) is 2.90. The van der Waals surface area contributed by atoms with Gasteiger partial charge >= 0.3 is 0 Å². The number of carbonyl (C=O) groups is 1. The summed E-state index contributed by atoms with van der Waals surface area (Å²) in [5.74, 6) is 0.763. The Morgan fingerprint density at radius 2 is 1.96 bits per heavy atom. The molecule has 24 heavy (non-hydrogen) atoms. The van der Waals surface area contributed by atoms with Crippen LogP contribution in [0.15, 0.2) is 60.9 Å². The monoisotopic (exact) mass is 316 g/mol. The minimum absolute atomic E-state index is 0.114. The van der Waals surface area contributed by atoms with Gasteiger partial charge in [-0.15, -0.1) is 0 Å². The average molecular weight is 316 g/mol. The molecule has 4 rings (SSSR count). The van der Waals surface area contributed by atoms with Gasteiger partial charge in [-0.3, -0.25) is 9.78 Å². The maximum Gasteiger partial charge on any atom is 0.227 e. The first kappa shape index (κ1) is 14.9. The SMILES string of the molecule is Cc1cccc(C2CC(C(=O)Nc3ccc4cnccc4c3)C2)c1. The quantitative estimate of drug-likeness (QED) is 0.762. The zero-order valence-electron chi connectivity index (χ0n) is 13.7. The first-order valence-corrected chi connectivity index (χ1v) is 8.40. The predicted octanol–water partition coefficient (Wildman–Crippen LogP) is 4.68. The van der Waals surface area contributed by atoms with Crippen molar-refractivity contribution in [1.82, 2.24) is 4.98 Å². The zero-order chi connectivity index (χ0) is 16.5. The number of nitrogens with zero attached hydrogens (tertiary/aromatic N) is 1. The highest BCUT2D eigenvalue weighted by molar-refractivity contribution is 5.96. The maximum atomic E-state index is 12.5. The number of fused-ring (bicyclic) bond motifs is 1. The van der Waals surface area contributed by atoms with Crippen LogP contribution in [-0.2, 0) is 4.79 Å². The van der Waals surface area contributed by atoms with Crippen molar-refractivity contribution >= 4 is 22.4 Å². The fourth-order valence-corrected chi connectivity index (χ4v) is 3.43. The van der Waals surface area contributed by atoms with Crippen molar-refractivity contribution in [2.45, 2.75) is 25.7 Å². The van der Waals surface area contributed by atoms with E-state index in [1.165, 1.54) is 11.1 Å². The third-order valence-corrected chi connectivity index (χ3v) is 4.93. The number of nitrogens with one attached hydrogen (secondary N) is 1. The van der Waals surface area contributed by atoms with E-state index in [0.717, 1.165) is 29.3 Å². The minimum Gasteiger partial charge on any atom is -0.326 e. The van der Waals surface area contributed by atoms with E-state index in [4.69, 9.17) is 0 Å². The van der Waals surface area contributed by atoms with Crippen LogP contribution in [0.1, 0.15) is 29.9 Å². The Hall–Kier alpha value is -2.68. The van der Waals surface area contributed by atoms with Crippen molar-refractivity contribution in [1.29, 1.82) is 0 Å². The number of hydrogen-bond acceptors (Lipinski definition) is 2. The van der Waals surface area contributed by atoms with Gasteiger partial charge in [-0.25, -0.2) is 0 Å². The van der Waals surface area contributed by atoms with E-state index >= 15 is 0 Å². The molecule has 0 aliphatic heterocycles. The Bertz CT molecular complexity index is 897. The number of benzene rings is 2. The Balaban J connectivity index is 1.40. The van der Waals surface area contributed by atoms with Gasteiger partial charge in [0, 0.05) is 29.4 Å². The largest absolute Gasteiger partial charge is 0.326 e. The zero-order valence-corrected chi connectivity index (χ0v) is 13.7. The normalized spacial score (nSPS) is 19.7. The second-order valence-electron chi connectivity index (χ2n) is 6.71. The second-order valence-corrected chi connectivity index (χ2v) is 6.71. The molecule has 1 aromatic heterocycles. The van der Waals surface area contributed by atoms with Crippen molar-refractivity contribution in [2.75, 3.05) is 5.32 Å². The average Bonchev–Trinajstić information content (AvgIpc) is 2.53. The summed E-state index contributed by atoms with van der Waals surface area (Å²) in [6.07, 6.45) is 5.48. The lowest BCUT2D eigenvalue weighted by molar-refractivity contribution is -0.122. The molecule has 0 unspecified atom stereocenters. The molecular formula is C21H20N2O. The molecule has 0 spiro atoms. The Morgan fingerprint density at radius 3 is 2.79 bits per heavy atom. The number of pyridine rings is 1. The van der Waals surface area contributed by atoms with Crippen molar-refractivity contribution in [3.8, 4) is 0 Å². The van der Waals surface area contributed by atoms with E-state index < -0.39 is 0 Å². The highest BCUT2D eigenvalue weighted by Gasteiger charge is 2.35. The minimum atomic E-state index is 0.114. The standard InChI is InChI=1S/C21H20N2O/c1-14-3-2-4-15(9-14)18-10-19(11-18)21(24)23-20-6-5-17-13-22-8-7-16(17)12-20/h2-9,12-13,18-19H,10-11H2,1H3,(H,23,24). The number of aromatic nitrogens is 1. The number of rotatable bonds is 3. The van der Waals surface area contributed by atoms with Crippen LogP contribution in [0.4, 0.5) is 5.69 Å². The van der Waals surface area contributed by atoms with E-state index in [0.29, 0.717) is 5.92 Å². The molecular weight excluding hydrogens is 296 g/mol. The van der Waals surface area contributed by atoms with Gasteiger partial charge in [-0.1, -0.05) is 35.9 Å². The molecule has 1 amide bonds. The Kier molecular flexibility index (Phi) is 3.77. The molecule has 3 nitrogen and oxygen atoms in total. The highest BCUT2D eigenvalue weighted by Crippen LogP contribution is 2.42. The van der Waals surface area contributed by atoms with Crippen LogP contribution < -0.4 is 5.32 Å². The molecule has 1 heterocycles. The van der Waals surface area contributed by atoms with Crippen molar-refractivity contribution in [2.24, 2.45) is 5.92 Å². The molecule has 0 saturated heterocycles. The Morgan fingerprint density at radius 1 is 1.08 bits per heavy atom. The molecule has 0 atom stereocenters. The molecule has 1 saturated carbocycles. The summed E-state index contributed by atoms with van der Waals surface area (Å²) in [6, 6.07) is 16.5. The number of amides is 1. The van der Waals surface area contributed by atoms with Gasteiger partial charge in [0.15, 0.2) is 0 Å². The molecule has 3 aromatic rings. The van der Waals surface area contributed by atoms with E-state index in [1.807, 2.05) is 30.5 Å². The lowest BCUT2D eigenvalue weighted by Gasteiger charge is -2.34. The Labute approximate surface area is 141 Å². The van der Waals surface area contributed by atoms with Gasteiger partial charge in [-0.2, -0.15) is 0 Å². The van der Waals surface area contributed by atoms with Gasteiger partial charge in [0.25, 0.3) is 0 Å². The molecule has 1 aliphatic carbocycles. The fourth-order valence-electron chi connectivity index (χ4n) is 3.43. The first-order chi connectivity index (χ1) is 11.7. The van der Waals surface area contributed by atoms with Crippen LogP contribution in [-0.4, -0.2) is 10.9 Å². The maximum absolute atomic E-state index is 12.5. The highest BCUT2D eigenvalue weighted by atomic mass is 16.1. The summed E-state index contributed by atoms with van der Waals surface area (Å²) in [5, 5.41) is 5.23. The number of hydrogen-bond donors (Lipinski definition) is 1. The van der Waals surface area contributed by atoms with Crippen LogP contribution in [0.25, 0.3) is 10.8 Å². The van der Waals surface area contributed by atoms with Crippen LogP contribution in [0.5, 0.6) is 0 Å². The number of aryl methyl sites for hydroxylation is 1. The van der Waals surface area contributed by atoms with Crippen molar-refractivity contribution in [3.05, 3.63) is 72.1 Å². The third-order valence-electron chi connectivity index (χ3n) is 4.93. The van der Waals surface area contributed by atoms with Gasteiger partial charge in [0.2, 0.25) is 5.91 Å². The van der Waals surface area contributed by atoms with E-state index in [-0.39, 0.29) is 11.8 Å². The summed E-state index contributed by atoms with van der Waals surface area (Å²) in [6.45, 7) is 2.11. The summed E-state index contributed by atoms with van der Waals surface area (Å²) in [5.41, 5.74) is 3.50. The molecule has 1 aliphatic rings. The van der Waals surface area contributed by atoms with Crippen LogP contribution in [0.3, 0.4) is 0 Å². The van der Waals surface area contributed by atoms with Gasteiger partial charge in [0.05, 0.1) is 0 Å². The van der Waals surface area contributed by atoms with Gasteiger partial charge in [-0.05, 0) is 54.8 Å². The smallest absolute Gasteiger partial charge is 0.227 e.